The number of benzene rings is 1. The summed E-state index contributed by atoms with van der Waals surface area (Å²) in [5.41, 5.74) is 3.38. The number of aromatic amines is 1. The van der Waals surface area contributed by atoms with Crippen molar-refractivity contribution in [2.75, 3.05) is 6.61 Å². The van der Waals surface area contributed by atoms with Gasteiger partial charge in [-0.3, -0.25) is 9.59 Å². The Bertz CT molecular complexity index is 925. The van der Waals surface area contributed by atoms with Gasteiger partial charge in [0.05, 0.1) is 11.4 Å². The van der Waals surface area contributed by atoms with Gasteiger partial charge in [0.2, 0.25) is 5.78 Å². The topological polar surface area (TPSA) is 89.9 Å². The van der Waals surface area contributed by atoms with Gasteiger partial charge >= 0.3 is 0 Å². The number of carbonyl (C=O) groups excluding carboxylic acids is 2. The molecule has 0 aliphatic carbocycles. The van der Waals surface area contributed by atoms with Crippen molar-refractivity contribution in [3.8, 4) is 11.4 Å². The van der Waals surface area contributed by atoms with Crippen LogP contribution in [0.15, 0.2) is 36.9 Å². The highest BCUT2D eigenvalue weighted by molar-refractivity contribution is 6.03. The first kappa shape index (κ1) is 17.6. The summed E-state index contributed by atoms with van der Waals surface area (Å²) < 4.78 is 7.24. The average Bonchev–Trinajstić information content (AvgIpc) is 3.27. The molecule has 0 aliphatic heterocycles. The average molecular weight is 352 g/mol. The molecule has 0 aliphatic rings. The van der Waals surface area contributed by atoms with Gasteiger partial charge in [0.1, 0.15) is 18.4 Å². The van der Waals surface area contributed by atoms with Gasteiger partial charge in [-0.15, -0.1) is 0 Å². The first-order valence-corrected chi connectivity index (χ1v) is 8.34. The third-order valence-electron chi connectivity index (χ3n) is 4.17. The number of ether oxygens (including phenoxy) is 1. The Morgan fingerprint density at radius 2 is 1.96 bits per heavy atom. The summed E-state index contributed by atoms with van der Waals surface area (Å²) in [5.74, 6) is 0.354. The molecule has 0 saturated heterocycles. The van der Waals surface area contributed by atoms with Gasteiger partial charge in [-0.2, -0.15) is 5.10 Å². The van der Waals surface area contributed by atoms with Crippen LogP contribution in [0, 0.1) is 6.92 Å². The number of hydrogen-bond donors (Lipinski definition) is 1. The van der Waals surface area contributed by atoms with Gasteiger partial charge < -0.3 is 9.72 Å². The molecule has 0 radical (unpaired) electrons. The standard InChI is InChI=1S/C19H20N4O3/c1-4-16-18(13(3)24)12(2)22-19(16)17(25)9-26-15-7-5-14(6-8-15)23-11-20-10-21-23/h5-8,10-11,22H,4,9H2,1-3H3. The van der Waals surface area contributed by atoms with E-state index in [0.29, 0.717) is 23.4 Å². The van der Waals surface area contributed by atoms with E-state index in [4.69, 9.17) is 4.74 Å². The monoisotopic (exact) mass is 352 g/mol. The zero-order valence-electron chi connectivity index (χ0n) is 14.9. The predicted octanol–water partition coefficient (Wildman–Crippen LogP) is 2.93. The van der Waals surface area contributed by atoms with Crippen molar-refractivity contribution in [2.24, 2.45) is 0 Å². The van der Waals surface area contributed by atoms with Crippen LogP contribution >= 0.6 is 0 Å². The Morgan fingerprint density at radius 3 is 2.54 bits per heavy atom. The molecule has 0 spiro atoms. The summed E-state index contributed by atoms with van der Waals surface area (Å²) in [6.07, 6.45) is 3.67. The van der Waals surface area contributed by atoms with E-state index >= 15 is 0 Å². The molecule has 0 saturated carbocycles. The maximum Gasteiger partial charge on any atom is 0.216 e. The summed E-state index contributed by atoms with van der Waals surface area (Å²) in [5, 5.41) is 4.05. The molecular formula is C19H20N4O3. The third kappa shape index (κ3) is 3.42. The van der Waals surface area contributed by atoms with Crippen LogP contribution < -0.4 is 4.74 Å². The minimum atomic E-state index is -0.183. The zero-order valence-corrected chi connectivity index (χ0v) is 14.9. The quantitative estimate of drug-likeness (QED) is 0.660. The number of H-pyrrole nitrogens is 1. The largest absolute Gasteiger partial charge is 0.485 e. The lowest BCUT2D eigenvalue weighted by Gasteiger charge is -2.07. The summed E-state index contributed by atoms with van der Waals surface area (Å²) >= 11 is 0. The lowest BCUT2D eigenvalue weighted by atomic mass is 10.0. The Labute approximate surface area is 151 Å². The number of carbonyl (C=O) groups is 2. The van der Waals surface area contributed by atoms with E-state index in [0.717, 1.165) is 16.9 Å². The van der Waals surface area contributed by atoms with Gasteiger partial charge in [0.25, 0.3) is 0 Å². The lowest BCUT2D eigenvalue weighted by Crippen LogP contribution is -2.14. The number of hydrogen-bond acceptors (Lipinski definition) is 5. The zero-order chi connectivity index (χ0) is 18.7. The molecule has 0 bridgehead atoms. The van der Waals surface area contributed by atoms with Crippen molar-refractivity contribution < 1.29 is 14.3 Å². The number of ketones is 2. The highest BCUT2D eigenvalue weighted by Gasteiger charge is 2.21. The molecule has 1 N–H and O–H groups in total. The molecule has 7 nitrogen and oxygen atoms in total. The maximum atomic E-state index is 12.5. The van der Waals surface area contributed by atoms with Gasteiger partial charge in [-0.05, 0) is 50.1 Å². The Morgan fingerprint density at radius 1 is 1.23 bits per heavy atom. The van der Waals surface area contributed by atoms with Gasteiger partial charge in [0, 0.05) is 11.3 Å². The predicted molar refractivity (Wildman–Crippen MR) is 96.1 cm³/mol. The summed E-state index contributed by atoms with van der Waals surface area (Å²) in [6.45, 7) is 5.13. The van der Waals surface area contributed by atoms with Gasteiger partial charge in [0.15, 0.2) is 12.4 Å². The molecule has 0 atom stereocenters. The maximum absolute atomic E-state index is 12.5. The second-order valence-electron chi connectivity index (χ2n) is 5.93. The highest BCUT2D eigenvalue weighted by atomic mass is 16.5. The SMILES string of the molecule is CCc1c(C(=O)COc2ccc(-n3cncn3)cc2)[nH]c(C)c1C(C)=O. The minimum Gasteiger partial charge on any atom is -0.485 e. The first-order chi connectivity index (χ1) is 12.5. The van der Waals surface area contributed by atoms with E-state index in [1.165, 1.54) is 13.3 Å². The van der Waals surface area contributed by atoms with E-state index in [2.05, 4.69) is 15.1 Å². The van der Waals surface area contributed by atoms with Crippen molar-refractivity contribution in [3.63, 3.8) is 0 Å². The molecular weight excluding hydrogens is 332 g/mol. The molecule has 0 unspecified atom stereocenters. The lowest BCUT2D eigenvalue weighted by molar-refractivity contribution is 0.0916. The molecule has 1 aromatic carbocycles. The van der Waals surface area contributed by atoms with Crippen molar-refractivity contribution >= 4 is 11.6 Å². The fraction of sp³-hybridized carbons (Fsp3) is 0.263. The van der Waals surface area contributed by atoms with Crippen LogP contribution in [0.25, 0.3) is 5.69 Å². The summed E-state index contributed by atoms with van der Waals surface area (Å²) in [6, 6.07) is 7.20. The fourth-order valence-electron chi connectivity index (χ4n) is 3.00. The minimum absolute atomic E-state index is 0.0423. The fourth-order valence-corrected chi connectivity index (χ4v) is 3.00. The first-order valence-electron chi connectivity index (χ1n) is 8.34. The number of rotatable bonds is 7. The van der Waals surface area contributed by atoms with Crippen LogP contribution in [0.3, 0.4) is 0 Å². The van der Waals surface area contributed by atoms with Gasteiger partial charge in [-0.25, -0.2) is 9.67 Å². The number of nitrogens with zero attached hydrogens (tertiary/aromatic N) is 3. The molecule has 2 heterocycles. The van der Waals surface area contributed by atoms with Crippen molar-refractivity contribution in [3.05, 3.63) is 59.4 Å². The van der Waals surface area contributed by atoms with E-state index < -0.39 is 0 Å². The van der Waals surface area contributed by atoms with E-state index in [1.807, 2.05) is 19.1 Å². The second kappa shape index (κ2) is 7.35. The number of aryl methyl sites for hydroxylation is 1. The Hall–Kier alpha value is -3.22. The van der Waals surface area contributed by atoms with Gasteiger partial charge in [-0.1, -0.05) is 6.92 Å². The van der Waals surface area contributed by atoms with E-state index in [1.54, 1.807) is 30.1 Å². The molecule has 7 heteroatoms. The molecule has 0 fully saturated rings. The Kier molecular flexibility index (Phi) is 4.97. The normalized spacial score (nSPS) is 10.7. The van der Waals surface area contributed by atoms with E-state index in [-0.39, 0.29) is 18.2 Å². The summed E-state index contributed by atoms with van der Waals surface area (Å²) in [4.78, 5) is 31.3. The third-order valence-corrected chi connectivity index (χ3v) is 4.17. The van der Waals surface area contributed by atoms with Crippen molar-refractivity contribution in [1.29, 1.82) is 0 Å². The van der Waals surface area contributed by atoms with Crippen LogP contribution in [0.2, 0.25) is 0 Å². The highest BCUT2D eigenvalue weighted by Crippen LogP contribution is 2.21. The molecule has 26 heavy (non-hydrogen) atoms. The van der Waals surface area contributed by atoms with Crippen molar-refractivity contribution in [1.82, 2.24) is 19.7 Å². The number of aromatic nitrogens is 4. The Balaban J connectivity index is 1.71. The second-order valence-corrected chi connectivity index (χ2v) is 5.93. The summed E-state index contributed by atoms with van der Waals surface area (Å²) in [7, 11) is 0. The van der Waals surface area contributed by atoms with Crippen molar-refractivity contribution in [2.45, 2.75) is 27.2 Å². The van der Waals surface area contributed by atoms with E-state index in [9.17, 15) is 9.59 Å². The molecule has 3 aromatic rings. The van der Waals surface area contributed by atoms with Crippen LogP contribution in [0.4, 0.5) is 0 Å². The molecule has 3 rings (SSSR count). The smallest absolute Gasteiger partial charge is 0.216 e. The van der Waals surface area contributed by atoms with Crippen LogP contribution in [0.1, 0.15) is 46.0 Å². The molecule has 0 amide bonds. The number of nitrogens with one attached hydrogen (secondary N) is 1. The van der Waals surface area contributed by atoms with Crippen LogP contribution in [-0.4, -0.2) is 37.9 Å². The van der Waals surface area contributed by atoms with Crippen LogP contribution in [-0.2, 0) is 6.42 Å². The molecule has 2 aromatic heterocycles. The van der Waals surface area contributed by atoms with Crippen LogP contribution in [0.5, 0.6) is 5.75 Å². The number of Topliss-reactive ketones (excluding diaryl/α,β-unsaturated/α-hetero) is 2. The molecule has 134 valence electrons.